The van der Waals surface area contributed by atoms with Crippen molar-refractivity contribution in [1.29, 1.82) is 0 Å². The molecule has 7 heteroatoms. The SMILES string of the molecule is COc1cccc([C@@H]2C3=C(N=c4s/c(=C/c5cc(Cl)ccc5O)c(=O)n42)c2ccccc2CC3)c1. The predicted octanol–water partition coefficient (Wildman–Crippen LogP) is 4.69. The summed E-state index contributed by atoms with van der Waals surface area (Å²) in [6, 6.07) is 20.7. The normalized spacial score (nSPS) is 16.9. The van der Waals surface area contributed by atoms with Gasteiger partial charge in [-0.05, 0) is 65.9 Å². The number of phenolic OH excluding ortho intramolecular Hbond substituents is 1. The van der Waals surface area contributed by atoms with Gasteiger partial charge in [-0.15, -0.1) is 0 Å². The van der Waals surface area contributed by atoms with Crippen LogP contribution in [0.5, 0.6) is 11.5 Å². The van der Waals surface area contributed by atoms with Crippen molar-refractivity contribution in [3.05, 3.63) is 119 Å². The van der Waals surface area contributed by atoms with Gasteiger partial charge >= 0.3 is 0 Å². The molecule has 4 aromatic rings. The molecule has 1 aliphatic heterocycles. The Morgan fingerprint density at radius 2 is 1.97 bits per heavy atom. The number of rotatable bonds is 3. The second-order valence-corrected chi connectivity index (χ2v) is 10.0. The van der Waals surface area contributed by atoms with Crippen LogP contribution in [0, 0.1) is 0 Å². The number of fused-ring (bicyclic) bond motifs is 3. The number of ether oxygens (including phenoxy) is 1. The van der Waals surface area contributed by atoms with Gasteiger partial charge in [-0.1, -0.05) is 59.3 Å². The Hall–Kier alpha value is -3.61. The lowest BCUT2D eigenvalue weighted by molar-refractivity contribution is 0.413. The van der Waals surface area contributed by atoms with E-state index in [2.05, 4.69) is 18.2 Å². The third-order valence-electron chi connectivity index (χ3n) is 6.56. The highest BCUT2D eigenvalue weighted by atomic mass is 35.5. The van der Waals surface area contributed by atoms with Gasteiger partial charge in [-0.3, -0.25) is 9.36 Å². The quantitative estimate of drug-likeness (QED) is 0.444. The second kappa shape index (κ2) is 8.56. The number of methoxy groups -OCH3 is 1. The van der Waals surface area contributed by atoms with Crippen molar-refractivity contribution >= 4 is 34.7 Å². The summed E-state index contributed by atoms with van der Waals surface area (Å²) in [5, 5.41) is 10.8. The summed E-state index contributed by atoms with van der Waals surface area (Å²) in [5.74, 6) is 0.807. The number of aromatic hydroxyl groups is 1. The lowest BCUT2D eigenvalue weighted by atomic mass is 9.83. The zero-order valence-electron chi connectivity index (χ0n) is 18.9. The standard InChI is InChI=1S/C28H21ClN2O3S/c1-34-20-7-4-6-17(14-20)26-22-11-9-16-5-2-3-8-21(16)25(22)30-28-31(26)27(33)24(35-28)15-18-13-19(29)10-12-23(18)32/h2-8,10,12-15,26,32H,9,11H2,1H3/b24-15+/t26-/m1/s1. The number of benzene rings is 3. The van der Waals surface area contributed by atoms with E-state index in [-0.39, 0.29) is 17.4 Å². The van der Waals surface area contributed by atoms with Gasteiger partial charge in [0.2, 0.25) is 0 Å². The van der Waals surface area contributed by atoms with Crippen LogP contribution in [0.3, 0.4) is 0 Å². The summed E-state index contributed by atoms with van der Waals surface area (Å²) in [6.45, 7) is 0. The number of allylic oxidation sites excluding steroid dienone is 1. The Labute approximate surface area is 210 Å². The highest BCUT2D eigenvalue weighted by Crippen LogP contribution is 2.41. The number of aryl methyl sites for hydroxylation is 1. The molecule has 0 saturated carbocycles. The molecule has 1 aromatic heterocycles. The van der Waals surface area contributed by atoms with Crippen molar-refractivity contribution in [2.45, 2.75) is 18.9 Å². The van der Waals surface area contributed by atoms with Crippen molar-refractivity contribution < 1.29 is 9.84 Å². The number of hydrogen-bond acceptors (Lipinski definition) is 5. The fourth-order valence-corrected chi connectivity index (χ4v) is 6.09. The van der Waals surface area contributed by atoms with E-state index in [1.807, 2.05) is 30.3 Å². The molecule has 35 heavy (non-hydrogen) atoms. The molecule has 0 spiro atoms. The maximum absolute atomic E-state index is 13.8. The van der Waals surface area contributed by atoms with E-state index < -0.39 is 0 Å². The molecule has 174 valence electrons. The van der Waals surface area contributed by atoms with Crippen LogP contribution in [0.25, 0.3) is 11.8 Å². The summed E-state index contributed by atoms with van der Waals surface area (Å²) in [5.41, 5.74) is 5.78. The molecule has 1 aliphatic carbocycles. The average Bonchev–Trinajstić information content (AvgIpc) is 3.19. The van der Waals surface area contributed by atoms with E-state index in [4.69, 9.17) is 21.3 Å². The molecule has 2 heterocycles. The monoisotopic (exact) mass is 500 g/mol. The summed E-state index contributed by atoms with van der Waals surface area (Å²) in [6.07, 6.45) is 3.40. The number of phenols is 1. The third-order valence-corrected chi connectivity index (χ3v) is 7.78. The van der Waals surface area contributed by atoms with Crippen molar-refractivity contribution in [3.63, 3.8) is 0 Å². The summed E-state index contributed by atoms with van der Waals surface area (Å²) in [4.78, 5) is 19.4. The second-order valence-electron chi connectivity index (χ2n) is 8.59. The van der Waals surface area contributed by atoms with E-state index in [9.17, 15) is 9.90 Å². The smallest absolute Gasteiger partial charge is 0.271 e. The first-order chi connectivity index (χ1) is 17.0. The van der Waals surface area contributed by atoms with Crippen LogP contribution in [0.4, 0.5) is 0 Å². The van der Waals surface area contributed by atoms with Gasteiger partial charge in [0.05, 0.1) is 23.4 Å². The van der Waals surface area contributed by atoms with E-state index in [0.29, 0.717) is 19.9 Å². The van der Waals surface area contributed by atoms with Crippen LogP contribution in [-0.2, 0) is 6.42 Å². The summed E-state index contributed by atoms with van der Waals surface area (Å²) >= 11 is 7.46. The largest absolute Gasteiger partial charge is 0.507 e. The van der Waals surface area contributed by atoms with Crippen molar-refractivity contribution in [2.24, 2.45) is 4.99 Å². The first kappa shape index (κ1) is 21.9. The van der Waals surface area contributed by atoms with Gasteiger partial charge in [0.1, 0.15) is 11.5 Å². The first-order valence-corrected chi connectivity index (χ1v) is 12.5. The third kappa shape index (κ3) is 3.70. The number of halogens is 1. The Morgan fingerprint density at radius 1 is 1.11 bits per heavy atom. The molecule has 6 rings (SSSR count). The van der Waals surface area contributed by atoms with Gasteiger partial charge in [0.15, 0.2) is 4.80 Å². The van der Waals surface area contributed by atoms with Crippen LogP contribution in [0.1, 0.15) is 34.7 Å². The topological polar surface area (TPSA) is 63.8 Å². The highest BCUT2D eigenvalue weighted by molar-refractivity contribution is 7.07. The predicted molar refractivity (Wildman–Crippen MR) is 139 cm³/mol. The lowest BCUT2D eigenvalue weighted by Crippen LogP contribution is -2.38. The molecule has 0 radical (unpaired) electrons. The van der Waals surface area contributed by atoms with Crippen LogP contribution < -0.4 is 19.6 Å². The van der Waals surface area contributed by atoms with Crippen LogP contribution in [-0.4, -0.2) is 16.8 Å². The van der Waals surface area contributed by atoms with Crippen LogP contribution in [0.15, 0.2) is 82.1 Å². The minimum atomic E-state index is -0.292. The van der Waals surface area contributed by atoms with Gasteiger partial charge in [0.25, 0.3) is 5.56 Å². The van der Waals surface area contributed by atoms with Crippen molar-refractivity contribution in [3.8, 4) is 11.5 Å². The maximum Gasteiger partial charge on any atom is 0.271 e. The molecule has 1 N–H and O–H groups in total. The Morgan fingerprint density at radius 3 is 2.83 bits per heavy atom. The number of hydrogen-bond donors (Lipinski definition) is 1. The summed E-state index contributed by atoms with van der Waals surface area (Å²) < 4.78 is 7.76. The van der Waals surface area contributed by atoms with Gasteiger partial charge < -0.3 is 9.84 Å². The molecule has 5 nitrogen and oxygen atoms in total. The van der Waals surface area contributed by atoms with Crippen LogP contribution >= 0.6 is 22.9 Å². The molecule has 1 atom stereocenters. The molecule has 0 unspecified atom stereocenters. The van der Waals surface area contributed by atoms with E-state index in [1.54, 1.807) is 29.9 Å². The number of nitrogens with zero attached hydrogens (tertiary/aromatic N) is 2. The number of thiazole rings is 1. The van der Waals surface area contributed by atoms with Gasteiger partial charge in [-0.25, -0.2) is 4.99 Å². The average molecular weight is 501 g/mol. The molecule has 0 amide bonds. The zero-order valence-corrected chi connectivity index (χ0v) is 20.4. The van der Waals surface area contributed by atoms with E-state index in [0.717, 1.165) is 41.0 Å². The maximum atomic E-state index is 13.8. The fraction of sp³-hybridized carbons (Fsp3) is 0.143. The first-order valence-electron chi connectivity index (χ1n) is 11.3. The molecule has 0 fully saturated rings. The number of aromatic nitrogens is 1. The minimum absolute atomic E-state index is 0.0674. The van der Waals surface area contributed by atoms with Crippen molar-refractivity contribution in [2.75, 3.05) is 7.11 Å². The lowest BCUT2D eigenvalue weighted by Gasteiger charge is -2.31. The molecule has 0 bridgehead atoms. The Kier molecular flexibility index (Phi) is 5.35. The van der Waals surface area contributed by atoms with Gasteiger partial charge in [-0.2, -0.15) is 0 Å². The summed E-state index contributed by atoms with van der Waals surface area (Å²) in [7, 11) is 1.64. The zero-order chi connectivity index (χ0) is 24.1. The molecule has 2 aliphatic rings. The van der Waals surface area contributed by atoms with E-state index in [1.165, 1.54) is 23.0 Å². The molecule has 3 aromatic carbocycles. The molecule has 0 saturated heterocycles. The van der Waals surface area contributed by atoms with Crippen LogP contribution in [0.2, 0.25) is 5.02 Å². The molecular formula is C28H21ClN2O3S. The van der Waals surface area contributed by atoms with E-state index >= 15 is 0 Å². The highest BCUT2D eigenvalue weighted by Gasteiger charge is 2.32. The Balaban J connectivity index is 1.64. The minimum Gasteiger partial charge on any atom is -0.507 e. The van der Waals surface area contributed by atoms with Gasteiger partial charge in [0, 0.05) is 16.1 Å². The Bertz CT molecular complexity index is 1700. The fourth-order valence-electron chi connectivity index (χ4n) is 4.92. The van der Waals surface area contributed by atoms with Crippen molar-refractivity contribution in [1.82, 2.24) is 4.57 Å². The molecular weight excluding hydrogens is 480 g/mol.